The number of nitrogens with zero attached hydrogens (tertiary/aromatic N) is 3. The minimum atomic E-state index is -0.321. The maximum absolute atomic E-state index is 13.4. The van der Waals surface area contributed by atoms with Gasteiger partial charge in [0.05, 0.1) is 11.9 Å². The molecule has 4 nitrogen and oxygen atoms in total. The third-order valence-electron chi connectivity index (χ3n) is 3.07. The molecule has 20 heavy (non-hydrogen) atoms. The van der Waals surface area contributed by atoms with Gasteiger partial charge >= 0.3 is 0 Å². The van der Waals surface area contributed by atoms with Crippen LogP contribution in [-0.2, 0) is 6.54 Å². The van der Waals surface area contributed by atoms with Gasteiger partial charge < -0.3 is 5.32 Å². The highest BCUT2D eigenvalue weighted by molar-refractivity contribution is 5.33. The molecule has 1 N–H and O–H groups in total. The lowest BCUT2D eigenvalue weighted by atomic mass is 10.1. The van der Waals surface area contributed by atoms with Crippen LogP contribution < -0.4 is 5.32 Å². The zero-order valence-corrected chi connectivity index (χ0v) is 12.2. The van der Waals surface area contributed by atoms with E-state index >= 15 is 0 Å². The molecule has 0 aliphatic heterocycles. The molecule has 108 valence electrons. The van der Waals surface area contributed by atoms with Crippen molar-refractivity contribution in [1.29, 1.82) is 0 Å². The van der Waals surface area contributed by atoms with Crippen molar-refractivity contribution in [3.63, 3.8) is 0 Å². The van der Waals surface area contributed by atoms with Gasteiger partial charge in [0, 0.05) is 18.3 Å². The molecule has 0 fully saturated rings. The molecule has 0 aromatic carbocycles. The van der Waals surface area contributed by atoms with E-state index in [2.05, 4.69) is 36.2 Å². The summed E-state index contributed by atoms with van der Waals surface area (Å²) in [6.07, 6.45) is 4.14. The van der Waals surface area contributed by atoms with Crippen LogP contribution in [0.4, 0.5) is 4.39 Å². The lowest BCUT2D eigenvalue weighted by Crippen LogP contribution is -2.16. The van der Waals surface area contributed by atoms with Gasteiger partial charge in [-0.05, 0) is 31.0 Å². The summed E-state index contributed by atoms with van der Waals surface area (Å²) < 4.78 is 15.1. The fraction of sp³-hybridized carbons (Fsp3) is 0.467. The number of aromatic nitrogens is 3. The lowest BCUT2D eigenvalue weighted by molar-refractivity contribution is 0.606. The number of nitrogens with one attached hydrogen (secondary N) is 1. The van der Waals surface area contributed by atoms with E-state index in [1.807, 2.05) is 12.3 Å². The van der Waals surface area contributed by atoms with Crippen molar-refractivity contribution in [2.45, 2.75) is 39.7 Å². The van der Waals surface area contributed by atoms with E-state index in [4.69, 9.17) is 0 Å². The predicted octanol–water partition coefficient (Wildman–Crippen LogP) is 3.03. The fourth-order valence-corrected chi connectivity index (χ4v) is 1.97. The molecule has 0 unspecified atom stereocenters. The van der Waals surface area contributed by atoms with Crippen LogP contribution in [0.1, 0.15) is 44.4 Å². The number of hydrogen-bond acceptors (Lipinski definition) is 3. The Balaban J connectivity index is 2.29. The number of halogens is 1. The highest BCUT2D eigenvalue weighted by Gasteiger charge is 2.11. The normalized spacial score (nSPS) is 11.2. The molecule has 0 amide bonds. The molecule has 0 aliphatic rings. The third-order valence-corrected chi connectivity index (χ3v) is 3.07. The standard InChI is InChI=1S/C15H21FN4/c1-4-6-17-9-12-8-13(16)10-18-15(12)20-7-5-14(19-20)11(2)3/h5,7-8,10-11,17H,4,6,9H2,1-3H3. The van der Waals surface area contributed by atoms with Gasteiger partial charge in [0.15, 0.2) is 5.82 Å². The van der Waals surface area contributed by atoms with Crippen LogP contribution in [0, 0.1) is 5.82 Å². The van der Waals surface area contributed by atoms with Crippen molar-refractivity contribution in [2.24, 2.45) is 0 Å². The van der Waals surface area contributed by atoms with Crippen LogP contribution in [0.3, 0.4) is 0 Å². The molecule has 0 atom stereocenters. The Labute approximate surface area is 119 Å². The van der Waals surface area contributed by atoms with Crippen LogP contribution in [0.15, 0.2) is 24.5 Å². The maximum Gasteiger partial charge on any atom is 0.157 e. The van der Waals surface area contributed by atoms with Crippen LogP contribution in [-0.4, -0.2) is 21.3 Å². The molecular weight excluding hydrogens is 255 g/mol. The quantitative estimate of drug-likeness (QED) is 0.825. The number of rotatable bonds is 6. The van der Waals surface area contributed by atoms with E-state index in [1.54, 1.807) is 4.68 Å². The summed E-state index contributed by atoms with van der Waals surface area (Å²) >= 11 is 0. The zero-order chi connectivity index (χ0) is 14.5. The monoisotopic (exact) mass is 276 g/mol. The SMILES string of the molecule is CCCNCc1cc(F)cnc1-n1ccc(C(C)C)n1. The zero-order valence-electron chi connectivity index (χ0n) is 12.2. The Bertz CT molecular complexity index is 563. The second-order valence-electron chi connectivity index (χ2n) is 5.15. The Morgan fingerprint density at radius 2 is 2.20 bits per heavy atom. The lowest BCUT2D eigenvalue weighted by Gasteiger charge is -2.09. The van der Waals surface area contributed by atoms with Gasteiger partial charge in [-0.3, -0.25) is 0 Å². The minimum Gasteiger partial charge on any atom is -0.313 e. The van der Waals surface area contributed by atoms with Crippen LogP contribution in [0.5, 0.6) is 0 Å². The molecule has 5 heteroatoms. The van der Waals surface area contributed by atoms with Crippen molar-refractivity contribution >= 4 is 0 Å². The van der Waals surface area contributed by atoms with E-state index in [9.17, 15) is 4.39 Å². The Hall–Kier alpha value is -1.75. The molecule has 0 saturated heterocycles. The number of pyridine rings is 1. The Kier molecular flexibility index (Phi) is 4.84. The minimum absolute atomic E-state index is 0.321. The number of hydrogen-bond donors (Lipinski definition) is 1. The molecule has 0 aliphatic carbocycles. The van der Waals surface area contributed by atoms with E-state index < -0.39 is 0 Å². The summed E-state index contributed by atoms with van der Waals surface area (Å²) in [7, 11) is 0. The van der Waals surface area contributed by atoms with Gasteiger partial charge in [0.2, 0.25) is 0 Å². The molecule has 0 spiro atoms. The van der Waals surface area contributed by atoms with Crippen LogP contribution in [0.25, 0.3) is 5.82 Å². The first kappa shape index (κ1) is 14.7. The predicted molar refractivity (Wildman–Crippen MR) is 77.4 cm³/mol. The fourth-order valence-electron chi connectivity index (χ4n) is 1.97. The summed E-state index contributed by atoms with van der Waals surface area (Å²) in [5.41, 5.74) is 1.82. The van der Waals surface area contributed by atoms with Gasteiger partial charge in [-0.1, -0.05) is 20.8 Å². The summed E-state index contributed by atoms with van der Waals surface area (Å²) in [5, 5.41) is 7.77. The van der Waals surface area contributed by atoms with Gasteiger partial charge in [0.25, 0.3) is 0 Å². The first-order chi connectivity index (χ1) is 9.61. The van der Waals surface area contributed by atoms with Gasteiger partial charge in [-0.25, -0.2) is 14.1 Å². The van der Waals surface area contributed by atoms with Crippen molar-refractivity contribution in [1.82, 2.24) is 20.1 Å². The highest BCUT2D eigenvalue weighted by atomic mass is 19.1. The molecule has 2 aromatic heterocycles. The van der Waals surface area contributed by atoms with E-state index in [0.717, 1.165) is 24.2 Å². The second-order valence-corrected chi connectivity index (χ2v) is 5.15. The Morgan fingerprint density at radius 1 is 1.40 bits per heavy atom. The van der Waals surface area contributed by atoms with Gasteiger partial charge in [-0.2, -0.15) is 5.10 Å². The molecule has 2 rings (SSSR count). The third kappa shape index (κ3) is 3.42. The largest absolute Gasteiger partial charge is 0.313 e. The average molecular weight is 276 g/mol. The first-order valence-corrected chi connectivity index (χ1v) is 7.03. The van der Waals surface area contributed by atoms with Gasteiger partial charge in [0.1, 0.15) is 5.82 Å². The van der Waals surface area contributed by atoms with Crippen molar-refractivity contribution in [2.75, 3.05) is 6.54 Å². The van der Waals surface area contributed by atoms with Crippen molar-refractivity contribution < 1.29 is 4.39 Å². The smallest absolute Gasteiger partial charge is 0.157 e. The maximum atomic E-state index is 13.4. The van der Waals surface area contributed by atoms with E-state index in [0.29, 0.717) is 18.3 Å². The highest BCUT2D eigenvalue weighted by Crippen LogP contribution is 2.16. The molecular formula is C15H21FN4. The Morgan fingerprint density at radius 3 is 2.85 bits per heavy atom. The van der Waals surface area contributed by atoms with Crippen LogP contribution in [0.2, 0.25) is 0 Å². The summed E-state index contributed by atoms with van der Waals surface area (Å²) in [4.78, 5) is 4.19. The molecule has 0 radical (unpaired) electrons. The molecule has 2 heterocycles. The van der Waals surface area contributed by atoms with E-state index in [1.165, 1.54) is 12.3 Å². The summed E-state index contributed by atoms with van der Waals surface area (Å²) in [5.74, 6) is 0.721. The molecule has 0 saturated carbocycles. The van der Waals surface area contributed by atoms with Crippen LogP contribution >= 0.6 is 0 Å². The topological polar surface area (TPSA) is 42.7 Å². The van der Waals surface area contributed by atoms with Gasteiger partial charge in [-0.15, -0.1) is 0 Å². The van der Waals surface area contributed by atoms with Crippen molar-refractivity contribution in [3.05, 3.63) is 41.6 Å². The van der Waals surface area contributed by atoms with Crippen molar-refractivity contribution in [3.8, 4) is 5.82 Å². The first-order valence-electron chi connectivity index (χ1n) is 7.03. The van der Waals surface area contributed by atoms with E-state index in [-0.39, 0.29) is 5.82 Å². The second kappa shape index (κ2) is 6.61. The molecule has 2 aromatic rings. The average Bonchev–Trinajstić information content (AvgIpc) is 2.89. The summed E-state index contributed by atoms with van der Waals surface area (Å²) in [6.45, 7) is 7.76. The molecule has 0 bridgehead atoms. The summed E-state index contributed by atoms with van der Waals surface area (Å²) in [6, 6.07) is 3.49.